The second-order valence-electron chi connectivity index (χ2n) is 9.13. The van der Waals surface area contributed by atoms with Gasteiger partial charge in [-0.25, -0.2) is 9.59 Å². The lowest BCUT2D eigenvalue weighted by Gasteiger charge is -2.36. The first-order chi connectivity index (χ1) is 16.8. The fourth-order valence-electron chi connectivity index (χ4n) is 1.94. The Labute approximate surface area is 218 Å². The lowest BCUT2D eigenvalue weighted by Crippen LogP contribution is -2.62. The maximum atomic E-state index is 13.0. The van der Waals surface area contributed by atoms with Crippen LogP contribution in [0.4, 0.5) is 26.3 Å². The van der Waals surface area contributed by atoms with E-state index in [0.29, 0.717) is 6.61 Å². The number of aliphatic hydroxyl groups is 1. The van der Waals surface area contributed by atoms with Crippen molar-refractivity contribution in [2.24, 2.45) is 0 Å². The number of rotatable bonds is 9. The van der Waals surface area contributed by atoms with Gasteiger partial charge in [-0.1, -0.05) is 12.2 Å². The van der Waals surface area contributed by atoms with Crippen LogP contribution in [0.2, 0.25) is 0 Å². The number of halogens is 6. The lowest BCUT2D eigenvalue weighted by atomic mass is 9.94. The summed E-state index contributed by atoms with van der Waals surface area (Å²) in [7, 11) is 0. The maximum absolute atomic E-state index is 13.0. The molecule has 0 saturated heterocycles. The molecule has 0 spiro atoms. The van der Waals surface area contributed by atoms with Gasteiger partial charge in [-0.3, -0.25) is 4.79 Å². The van der Waals surface area contributed by atoms with Crippen molar-refractivity contribution >= 4 is 17.7 Å². The molecule has 0 aliphatic carbocycles. The highest BCUT2D eigenvalue weighted by molar-refractivity contribution is 6.35. The molecule has 0 heterocycles. The number of hydrogen-bond acceptors (Lipinski definition) is 8. The smallest absolute Gasteiger partial charge is 0.461 e. The van der Waals surface area contributed by atoms with Crippen LogP contribution in [0.5, 0.6) is 0 Å². The van der Waals surface area contributed by atoms with Crippen molar-refractivity contribution in [2.75, 3.05) is 19.8 Å². The Morgan fingerprint density at radius 3 is 1.53 bits per heavy atom. The summed E-state index contributed by atoms with van der Waals surface area (Å²) in [5, 5.41) is 9.77. The van der Waals surface area contributed by atoms with Crippen molar-refractivity contribution in [2.45, 2.75) is 90.6 Å². The molecule has 0 radical (unpaired) electrons. The molecule has 8 nitrogen and oxygen atoms in total. The second-order valence-corrected chi connectivity index (χ2v) is 9.13. The number of ether oxygens (including phenoxy) is 4. The van der Waals surface area contributed by atoms with Gasteiger partial charge in [0.25, 0.3) is 5.60 Å². The number of alkyl halides is 6. The zero-order valence-corrected chi connectivity index (χ0v) is 22.8. The molecule has 0 aliphatic rings. The average Bonchev–Trinajstić information content (AvgIpc) is 2.73. The third-order valence-electron chi connectivity index (χ3n) is 3.48. The molecule has 0 aromatic heterocycles. The van der Waals surface area contributed by atoms with E-state index in [1.54, 1.807) is 6.08 Å². The first-order valence-electron chi connectivity index (χ1n) is 11.1. The van der Waals surface area contributed by atoms with Crippen LogP contribution in [-0.2, 0) is 33.3 Å². The van der Waals surface area contributed by atoms with Crippen molar-refractivity contribution in [3.05, 3.63) is 25.3 Å². The van der Waals surface area contributed by atoms with Gasteiger partial charge < -0.3 is 24.1 Å². The summed E-state index contributed by atoms with van der Waals surface area (Å²) in [5.41, 5.74) is -4.81. The highest BCUT2D eigenvalue weighted by Crippen LogP contribution is 2.37. The van der Waals surface area contributed by atoms with Crippen molar-refractivity contribution < 1.29 is 64.8 Å². The molecule has 0 aromatic carbocycles. The van der Waals surface area contributed by atoms with Crippen LogP contribution < -0.4 is 0 Å². The van der Waals surface area contributed by atoms with Gasteiger partial charge in [-0.15, -0.1) is 13.2 Å². The van der Waals surface area contributed by atoms with Crippen LogP contribution in [0.15, 0.2) is 25.3 Å². The average molecular weight is 569 g/mol. The van der Waals surface area contributed by atoms with Gasteiger partial charge in [0.15, 0.2) is 0 Å². The van der Waals surface area contributed by atoms with Gasteiger partial charge in [-0.2, -0.15) is 26.3 Å². The molecule has 2 atom stereocenters. The summed E-state index contributed by atoms with van der Waals surface area (Å²) in [4.78, 5) is 31.5. The van der Waals surface area contributed by atoms with Crippen LogP contribution in [-0.4, -0.2) is 77.9 Å². The molecule has 0 aromatic rings. The second kappa shape index (κ2) is 16.5. The van der Waals surface area contributed by atoms with Crippen molar-refractivity contribution in [3.63, 3.8) is 0 Å². The van der Waals surface area contributed by atoms with Crippen molar-refractivity contribution in [1.82, 2.24) is 0 Å². The summed E-state index contributed by atoms with van der Waals surface area (Å²) < 4.78 is 91.6. The van der Waals surface area contributed by atoms with E-state index in [9.17, 15) is 45.8 Å². The molecule has 0 saturated carbocycles. The summed E-state index contributed by atoms with van der Waals surface area (Å²) in [6.45, 7) is 20.0. The number of esters is 2. The third kappa shape index (κ3) is 16.4. The molecule has 1 N–H and O–H groups in total. The molecule has 0 bridgehead atoms. The number of carbonyl (C=O) groups is 3. The Balaban J connectivity index is -0.000000543. The van der Waals surface area contributed by atoms with Crippen LogP contribution in [0.25, 0.3) is 0 Å². The molecule has 14 heteroatoms. The molecular weight excluding hydrogens is 530 g/mol. The minimum atomic E-state index is -5.25. The van der Waals surface area contributed by atoms with E-state index in [4.69, 9.17) is 9.47 Å². The Hall–Kier alpha value is -2.45. The topological polar surface area (TPSA) is 108 Å². The minimum absolute atomic E-state index is 0.0197. The maximum Gasteiger partial charge on any atom is 0.461 e. The fraction of sp³-hybridized carbons (Fsp3) is 0.708. The predicted molar refractivity (Wildman–Crippen MR) is 126 cm³/mol. The van der Waals surface area contributed by atoms with Crippen molar-refractivity contribution in [3.8, 4) is 0 Å². The first kappa shape index (κ1) is 40.1. The zero-order chi connectivity index (χ0) is 31.2. The highest BCUT2D eigenvalue weighted by atomic mass is 19.4. The van der Waals surface area contributed by atoms with E-state index >= 15 is 0 Å². The molecule has 2 unspecified atom stereocenters. The zero-order valence-electron chi connectivity index (χ0n) is 22.8. The van der Waals surface area contributed by atoms with Gasteiger partial charge in [-0.05, 0) is 55.4 Å². The summed E-state index contributed by atoms with van der Waals surface area (Å²) in [5.74, 6) is -6.14. The minimum Gasteiger partial charge on any atom is -0.464 e. The summed E-state index contributed by atoms with van der Waals surface area (Å²) in [6, 6.07) is 0. The number of ketones is 1. The predicted octanol–water partition coefficient (Wildman–Crippen LogP) is 4.88. The quantitative estimate of drug-likeness (QED) is 0.182. The van der Waals surface area contributed by atoms with Crippen LogP contribution >= 0.6 is 0 Å². The molecule has 0 amide bonds. The van der Waals surface area contributed by atoms with E-state index < -0.39 is 47.4 Å². The number of hydrogen-bond donors (Lipinski definition) is 1. The highest BCUT2D eigenvalue weighted by Gasteiger charge is 2.66. The third-order valence-corrected chi connectivity index (χ3v) is 3.48. The van der Waals surface area contributed by atoms with Crippen molar-refractivity contribution in [1.29, 1.82) is 0 Å². The van der Waals surface area contributed by atoms with Crippen LogP contribution in [0.3, 0.4) is 0 Å². The van der Waals surface area contributed by atoms with Gasteiger partial charge >= 0.3 is 30.1 Å². The number of Topliss-reactive ketones (excluding diaryl/α,β-unsaturated/α-hetero) is 1. The van der Waals surface area contributed by atoms with E-state index in [0.717, 1.165) is 6.08 Å². The Morgan fingerprint density at radius 1 is 0.842 bits per heavy atom. The Kier molecular flexibility index (Phi) is 17.4. The Morgan fingerprint density at radius 2 is 1.29 bits per heavy atom. The van der Waals surface area contributed by atoms with Gasteiger partial charge in [0, 0.05) is 0 Å². The molecular formula is C24H38F6O8. The van der Waals surface area contributed by atoms with E-state index in [1.807, 2.05) is 20.8 Å². The van der Waals surface area contributed by atoms with Crippen LogP contribution in [0.1, 0.15) is 55.4 Å². The summed E-state index contributed by atoms with van der Waals surface area (Å²) >= 11 is 0. The molecule has 0 aliphatic heterocycles. The monoisotopic (exact) mass is 568 g/mol. The SMILES string of the molecule is C=CC(OC(C)(C)C)C(O)(C(=O)OCC)C(F)(F)F.C=CCOC(C)(C)C.CCOC(=O)C(=O)C(F)(F)F. The van der Waals surface area contributed by atoms with E-state index in [-0.39, 0.29) is 18.8 Å². The fourth-order valence-corrected chi connectivity index (χ4v) is 1.94. The molecule has 0 fully saturated rings. The first-order valence-corrected chi connectivity index (χ1v) is 11.1. The molecule has 0 rings (SSSR count). The lowest BCUT2D eigenvalue weighted by molar-refractivity contribution is -0.293. The number of carbonyl (C=O) groups excluding carboxylic acids is 3. The van der Waals surface area contributed by atoms with Gasteiger partial charge in [0.2, 0.25) is 0 Å². The van der Waals surface area contributed by atoms with Gasteiger partial charge in [0.1, 0.15) is 6.10 Å². The Bertz CT molecular complexity index is 764. The van der Waals surface area contributed by atoms with Crippen LogP contribution in [0, 0.1) is 0 Å². The molecule has 224 valence electrons. The van der Waals surface area contributed by atoms with E-state index in [1.165, 1.54) is 34.6 Å². The largest absolute Gasteiger partial charge is 0.464 e. The summed E-state index contributed by atoms with van der Waals surface area (Å²) in [6.07, 6.45) is -9.86. The normalized spacial score (nSPS) is 14.3. The molecule has 38 heavy (non-hydrogen) atoms. The van der Waals surface area contributed by atoms with E-state index in [2.05, 4.69) is 22.6 Å². The van der Waals surface area contributed by atoms with Gasteiger partial charge in [0.05, 0.1) is 31.0 Å². The standard InChI is InChI=1S/C12H19F3O4.C7H14O.C5H5F3O3/c1-6-8(19-10(3,4)5)11(17,12(13,14)15)9(16)18-7-2;1-5-6-8-7(2,3)4;1-2-11-4(10)3(9)5(6,7)8/h6,8,17H,1,7H2,2-5H3;5H,1,6H2,2-4H3;2H2,1H3.